The molecule has 0 aliphatic carbocycles. The standard InChI is InChI=1S/C19H13F4N5O/c1-29-14-6-5-11(8-12(14)20)25-15-10-24-9-13(26-15)17-18(19(21,22)23)27-16-4-2-3-7-28(16)17/h2-10H,1H3,(H,25,26). The number of hydrogen-bond acceptors (Lipinski definition) is 5. The van der Waals surface area contributed by atoms with Crippen LogP contribution in [0.3, 0.4) is 0 Å². The molecule has 10 heteroatoms. The molecule has 0 aliphatic heterocycles. The van der Waals surface area contributed by atoms with Crippen LogP contribution in [-0.4, -0.2) is 26.5 Å². The summed E-state index contributed by atoms with van der Waals surface area (Å²) in [6, 6.07) is 8.80. The fourth-order valence-electron chi connectivity index (χ4n) is 2.87. The van der Waals surface area contributed by atoms with Crippen LogP contribution in [0.4, 0.5) is 29.1 Å². The van der Waals surface area contributed by atoms with Gasteiger partial charge in [-0.1, -0.05) is 6.07 Å². The summed E-state index contributed by atoms with van der Waals surface area (Å²) in [4.78, 5) is 11.9. The number of nitrogens with one attached hydrogen (secondary N) is 1. The fraction of sp³-hybridized carbons (Fsp3) is 0.105. The van der Waals surface area contributed by atoms with Crippen LogP contribution in [0.2, 0.25) is 0 Å². The van der Waals surface area contributed by atoms with Crippen molar-refractivity contribution in [3.8, 4) is 17.1 Å². The van der Waals surface area contributed by atoms with Crippen molar-refractivity contribution in [1.82, 2.24) is 19.4 Å². The third kappa shape index (κ3) is 3.56. The molecular formula is C19H13F4N5O. The molecule has 4 rings (SSSR count). The zero-order chi connectivity index (χ0) is 20.6. The van der Waals surface area contributed by atoms with Gasteiger partial charge >= 0.3 is 6.18 Å². The van der Waals surface area contributed by atoms with Crippen LogP contribution in [0.5, 0.6) is 5.75 Å². The monoisotopic (exact) mass is 403 g/mol. The summed E-state index contributed by atoms with van der Waals surface area (Å²) in [5.74, 6) is -0.384. The molecule has 0 bridgehead atoms. The summed E-state index contributed by atoms with van der Waals surface area (Å²) >= 11 is 0. The second-order valence-electron chi connectivity index (χ2n) is 6.00. The topological polar surface area (TPSA) is 64.3 Å². The highest BCUT2D eigenvalue weighted by Crippen LogP contribution is 2.36. The predicted octanol–water partition coefficient (Wildman–Crippen LogP) is 4.70. The number of nitrogens with zero attached hydrogens (tertiary/aromatic N) is 4. The number of alkyl halides is 3. The second kappa shape index (κ2) is 7.04. The lowest BCUT2D eigenvalue weighted by Gasteiger charge is -2.10. The quantitative estimate of drug-likeness (QED) is 0.501. The van der Waals surface area contributed by atoms with Gasteiger partial charge in [0.2, 0.25) is 0 Å². The highest BCUT2D eigenvalue weighted by atomic mass is 19.4. The number of pyridine rings is 1. The molecule has 29 heavy (non-hydrogen) atoms. The van der Waals surface area contributed by atoms with E-state index in [1.54, 1.807) is 18.2 Å². The van der Waals surface area contributed by atoms with E-state index in [4.69, 9.17) is 4.74 Å². The van der Waals surface area contributed by atoms with E-state index in [-0.39, 0.29) is 28.6 Å². The van der Waals surface area contributed by atoms with Crippen molar-refractivity contribution in [1.29, 1.82) is 0 Å². The lowest BCUT2D eigenvalue weighted by atomic mass is 10.2. The molecule has 0 radical (unpaired) electrons. The first-order chi connectivity index (χ1) is 13.9. The van der Waals surface area contributed by atoms with Crippen molar-refractivity contribution in [2.45, 2.75) is 6.18 Å². The lowest BCUT2D eigenvalue weighted by Crippen LogP contribution is -2.09. The van der Waals surface area contributed by atoms with E-state index in [2.05, 4.69) is 20.3 Å². The number of rotatable bonds is 4. The van der Waals surface area contributed by atoms with Crippen LogP contribution >= 0.6 is 0 Å². The smallest absolute Gasteiger partial charge is 0.435 e. The van der Waals surface area contributed by atoms with E-state index in [1.165, 1.54) is 48.3 Å². The number of hydrogen-bond donors (Lipinski definition) is 1. The molecule has 6 nitrogen and oxygen atoms in total. The Kier molecular flexibility index (Phi) is 4.53. The minimum Gasteiger partial charge on any atom is -0.494 e. The van der Waals surface area contributed by atoms with Crippen molar-refractivity contribution in [3.63, 3.8) is 0 Å². The highest BCUT2D eigenvalue weighted by Gasteiger charge is 2.38. The first-order valence-corrected chi connectivity index (χ1v) is 8.34. The molecule has 4 aromatic rings. The average Bonchev–Trinajstić information content (AvgIpc) is 3.08. The molecule has 148 valence electrons. The Morgan fingerprint density at radius 1 is 1.07 bits per heavy atom. The zero-order valence-corrected chi connectivity index (χ0v) is 14.9. The molecule has 0 spiro atoms. The van der Waals surface area contributed by atoms with Crippen LogP contribution in [0.1, 0.15) is 5.69 Å². The number of benzene rings is 1. The van der Waals surface area contributed by atoms with E-state index >= 15 is 0 Å². The van der Waals surface area contributed by atoms with Crippen LogP contribution in [0, 0.1) is 5.82 Å². The van der Waals surface area contributed by atoms with Gasteiger partial charge < -0.3 is 10.1 Å². The maximum absolute atomic E-state index is 13.9. The maximum atomic E-state index is 13.9. The molecule has 0 saturated heterocycles. The predicted molar refractivity (Wildman–Crippen MR) is 97.5 cm³/mol. The van der Waals surface area contributed by atoms with Crippen LogP contribution in [0.25, 0.3) is 17.0 Å². The molecule has 0 atom stereocenters. The summed E-state index contributed by atoms with van der Waals surface area (Å²) in [6.07, 6.45) is -0.674. The van der Waals surface area contributed by atoms with Gasteiger partial charge in [0.25, 0.3) is 0 Å². The summed E-state index contributed by atoms with van der Waals surface area (Å²) in [5, 5.41) is 2.82. The Hall–Kier alpha value is -3.69. The van der Waals surface area contributed by atoms with Crippen LogP contribution in [-0.2, 0) is 6.18 Å². The van der Waals surface area contributed by atoms with Gasteiger partial charge in [-0.3, -0.25) is 9.38 Å². The molecule has 1 aromatic carbocycles. The Morgan fingerprint density at radius 2 is 1.90 bits per heavy atom. The van der Waals surface area contributed by atoms with E-state index in [0.29, 0.717) is 5.69 Å². The molecule has 3 aromatic heterocycles. The average molecular weight is 403 g/mol. The van der Waals surface area contributed by atoms with E-state index in [9.17, 15) is 17.6 Å². The SMILES string of the molecule is COc1ccc(Nc2cncc(-c3c(C(F)(F)F)nc4ccccn34)n2)cc1F. The van der Waals surface area contributed by atoms with Crippen molar-refractivity contribution in [2.24, 2.45) is 0 Å². The van der Waals surface area contributed by atoms with Gasteiger partial charge in [-0.2, -0.15) is 13.2 Å². The molecule has 3 heterocycles. The summed E-state index contributed by atoms with van der Waals surface area (Å²) < 4.78 is 60.7. The molecule has 0 aliphatic rings. The summed E-state index contributed by atoms with van der Waals surface area (Å²) in [6.45, 7) is 0. The number of halogens is 4. The molecular weight excluding hydrogens is 390 g/mol. The highest BCUT2D eigenvalue weighted by molar-refractivity contribution is 5.66. The van der Waals surface area contributed by atoms with Crippen molar-refractivity contribution in [3.05, 3.63) is 66.5 Å². The Morgan fingerprint density at radius 3 is 2.62 bits per heavy atom. The summed E-state index contributed by atoms with van der Waals surface area (Å²) in [5.41, 5.74) is -0.859. The van der Waals surface area contributed by atoms with Gasteiger partial charge in [0, 0.05) is 18.0 Å². The van der Waals surface area contributed by atoms with Crippen molar-refractivity contribution < 1.29 is 22.3 Å². The third-order valence-corrected chi connectivity index (χ3v) is 4.10. The first kappa shape index (κ1) is 18.7. The Balaban J connectivity index is 1.77. The van der Waals surface area contributed by atoms with Gasteiger partial charge in [-0.25, -0.2) is 14.4 Å². The van der Waals surface area contributed by atoms with Crippen LogP contribution < -0.4 is 10.1 Å². The number of methoxy groups -OCH3 is 1. The van der Waals surface area contributed by atoms with Gasteiger partial charge in [0.05, 0.1) is 19.5 Å². The van der Waals surface area contributed by atoms with Crippen molar-refractivity contribution in [2.75, 3.05) is 12.4 Å². The van der Waals surface area contributed by atoms with Gasteiger partial charge in [-0.05, 0) is 24.3 Å². The molecule has 1 N–H and O–H groups in total. The maximum Gasteiger partial charge on any atom is 0.435 e. The zero-order valence-electron chi connectivity index (χ0n) is 14.9. The minimum atomic E-state index is -4.68. The fourth-order valence-corrected chi connectivity index (χ4v) is 2.87. The van der Waals surface area contributed by atoms with Gasteiger partial charge in [-0.15, -0.1) is 0 Å². The van der Waals surface area contributed by atoms with E-state index in [1.807, 2.05) is 0 Å². The number of aromatic nitrogens is 4. The lowest BCUT2D eigenvalue weighted by molar-refractivity contribution is -0.140. The molecule has 0 saturated carbocycles. The van der Waals surface area contributed by atoms with E-state index < -0.39 is 17.7 Å². The van der Waals surface area contributed by atoms with E-state index in [0.717, 1.165) is 0 Å². The second-order valence-corrected chi connectivity index (χ2v) is 6.00. The van der Waals surface area contributed by atoms with Crippen LogP contribution in [0.15, 0.2) is 55.0 Å². The number of ether oxygens (including phenoxy) is 1. The Bertz CT molecular complexity index is 1190. The Labute approximate surface area is 161 Å². The largest absolute Gasteiger partial charge is 0.494 e. The molecule has 0 fully saturated rings. The number of fused-ring (bicyclic) bond motifs is 1. The normalized spacial score (nSPS) is 11.6. The molecule has 0 amide bonds. The number of imidazole rings is 1. The minimum absolute atomic E-state index is 0.0324. The van der Waals surface area contributed by atoms with Crippen molar-refractivity contribution >= 4 is 17.2 Å². The third-order valence-electron chi connectivity index (χ3n) is 4.10. The van der Waals surface area contributed by atoms with Gasteiger partial charge in [0.1, 0.15) is 22.9 Å². The molecule has 0 unspecified atom stereocenters. The number of anilines is 2. The van der Waals surface area contributed by atoms with Gasteiger partial charge in [0.15, 0.2) is 17.3 Å². The first-order valence-electron chi connectivity index (χ1n) is 8.34. The summed E-state index contributed by atoms with van der Waals surface area (Å²) in [7, 11) is 1.34.